The Labute approximate surface area is 96.1 Å². The molecule has 16 heavy (non-hydrogen) atoms. The van der Waals surface area contributed by atoms with Crippen molar-refractivity contribution < 1.29 is 9.53 Å². The van der Waals surface area contributed by atoms with Gasteiger partial charge in [-0.15, -0.1) is 0 Å². The monoisotopic (exact) mass is 219 g/mol. The minimum absolute atomic E-state index is 0.249. The first-order chi connectivity index (χ1) is 7.71. The summed E-state index contributed by atoms with van der Waals surface area (Å²) in [6.07, 6.45) is 6.97. The molecule has 0 aromatic carbocycles. The molecule has 0 aromatic rings. The molecule has 1 aliphatic heterocycles. The van der Waals surface area contributed by atoms with Gasteiger partial charge in [-0.25, -0.2) is 4.79 Å². The topological polar surface area (TPSA) is 50.1 Å². The summed E-state index contributed by atoms with van der Waals surface area (Å²) in [4.78, 5) is 11.8. The van der Waals surface area contributed by atoms with Crippen LogP contribution < -0.4 is 0 Å². The van der Waals surface area contributed by atoms with Crippen LogP contribution in [0.5, 0.6) is 0 Å². The van der Waals surface area contributed by atoms with Crippen molar-refractivity contribution in [3.63, 3.8) is 0 Å². The van der Waals surface area contributed by atoms with E-state index in [1.54, 1.807) is 0 Å². The Bertz CT molecular complexity index is 370. The van der Waals surface area contributed by atoms with E-state index in [4.69, 9.17) is 10.00 Å². The van der Waals surface area contributed by atoms with Gasteiger partial charge in [0, 0.05) is 6.42 Å². The first-order valence-electron chi connectivity index (χ1n) is 6.06. The fraction of sp³-hybridized carbons (Fsp3) is 0.692. The van der Waals surface area contributed by atoms with Gasteiger partial charge in [0.15, 0.2) is 0 Å². The molecule has 2 rings (SSSR count). The van der Waals surface area contributed by atoms with Gasteiger partial charge >= 0.3 is 5.97 Å². The lowest BCUT2D eigenvalue weighted by atomic mass is 9.77. The van der Waals surface area contributed by atoms with E-state index < -0.39 is 5.97 Å². The zero-order chi connectivity index (χ0) is 11.6. The van der Waals surface area contributed by atoms with Crippen LogP contribution in [0.1, 0.15) is 51.9 Å². The lowest BCUT2D eigenvalue weighted by Gasteiger charge is -2.40. The van der Waals surface area contributed by atoms with Gasteiger partial charge in [0.05, 0.1) is 0 Å². The highest BCUT2D eigenvalue weighted by molar-refractivity contribution is 5.94. The molecular formula is C13H17NO2. The molecule has 3 heteroatoms. The van der Waals surface area contributed by atoms with Gasteiger partial charge in [0.25, 0.3) is 0 Å². The van der Waals surface area contributed by atoms with Crippen molar-refractivity contribution in [2.24, 2.45) is 0 Å². The molecule has 86 valence electrons. The van der Waals surface area contributed by atoms with E-state index in [2.05, 4.69) is 0 Å². The second kappa shape index (κ2) is 4.29. The predicted octanol–water partition coefficient (Wildman–Crippen LogP) is 2.87. The average molecular weight is 219 g/mol. The van der Waals surface area contributed by atoms with E-state index in [1.807, 2.05) is 13.0 Å². The number of esters is 1. The third-order valence-electron chi connectivity index (χ3n) is 3.71. The number of carbonyl (C=O) groups is 1. The Kier molecular flexibility index (Phi) is 3.00. The van der Waals surface area contributed by atoms with E-state index in [9.17, 15) is 4.79 Å². The van der Waals surface area contributed by atoms with Crippen LogP contribution in [0.15, 0.2) is 11.1 Å². The number of nitriles is 1. The summed E-state index contributed by atoms with van der Waals surface area (Å²) in [5.41, 5.74) is 0.959. The van der Waals surface area contributed by atoms with E-state index >= 15 is 0 Å². The highest BCUT2D eigenvalue weighted by Crippen LogP contribution is 2.41. The molecule has 0 N–H and O–H groups in total. The molecule has 3 nitrogen and oxygen atoms in total. The van der Waals surface area contributed by atoms with Crippen LogP contribution in [-0.4, -0.2) is 11.6 Å². The number of hydrogen-bond acceptors (Lipinski definition) is 3. The van der Waals surface area contributed by atoms with Gasteiger partial charge in [0.1, 0.15) is 17.2 Å². The van der Waals surface area contributed by atoms with Crippen LogP contribution in [0.25, 0.3) is 0 Å². The Hall–Kier alpha value is -1.30. The van der Waals surface area contributed by atoms with Gasteiger partial charge < -0.3 is 4.74 Å². The van der Waals surface area contributed by atoms with E-state index in [0.29, 0.717) is 0 Å². The number of rotatable bonds is 1. The highest BCUT2D eigenvalue weighted by atomic mass is 16.6. The summed E-state index contributed by atoms with van der Waals surface area (Å²) < 4.78 is 5.53. The maximum absolute atomic E-state index is 11.8. The van der Waals surface area contributed by atoms with E-state index in [1.165, 1.54) is 6.42 Å². The molecule has 1 fully saturated rings. The van der Waals surface area contributed by atoms with Crippen molar-refractivity contribution in [2.75, 3.05) is 0 Å². The zero-order valence-electron chi connectivity index (χ0n) is 9.71. The van der Waals surface area contributed by atoms with Crippen LogP contribution >= 0.6 is 0 Å². The third kappa shape index (κ3) is 1.84. The van der Waals surface area contributed by atoms with Crippen molar-refractivity contribution in [3.05, 3.63) is 11.1 Å². The van der Waals surface area contributed by atoms with Crippen LogP contribution in [0.3, 0.4) is 0 Å². The van der Waals surface area contributed by atoms with Crippen molar-refractivity contribution in [2.45, 2.75) is 57.5 Å². The molecule has 1 spiro atoms. The van der Waals surface area contributed by atoms with Crippen LogP contribution in [0, 0.1) is 11.3 Å². The summed E-state index contributed by atoms with van der Waals surface area (Å²) in [5.74, 6) is -0.396. The van der Waals surface area contributed by atoms with Crippen molar-refractivity contribution in [3.8, 4) is 6.07 Å². The fourth-order valence-corrected chi connectivity index (χ4v) is 2.81. The lowest BCUT2D eigenvalue weighted by Crippen LogP contribution is -2.41. The van der Waals surface area contributed by atoms with Crippen molar-refractivity contribution in [1.29, 1.82) is 5.26 Å². The predicted molar refractivity (Wildman–Crippen MR) is 59.5 cm³/mol. The quantitative estimate of drug-likeness (QED) is 0.637. The van der Waals surface area contributed by atoms with Crippen LogP contribution in [0.2, 0.25) is 0 Å². The summed E-state index contributed by atoms with van der Waals surface area (Å²) in [6.45, 7) is 2.00. The first-order valence-corrected chi connectivity index (χ1v) is 6.06. The smallest absolute Gasteiger partial charge is 0.349 e. The summed E-state index contributed by atoms with van der Waals surface area (Å²) in [7, 11) is 0. The molecule has 0 atom stereocenters. The van der Waals surface area contributed by atoms with Gasteiger partial charge in [-0.1, -0.05) is 13.3 Å². The molecule has 0 amide bonds. The Balaban J connectivity index is 2.28. The summed E-state index contributed by atoms with van der Waals surface area (Å²) >= 11 is 0. The molecule has 1 aliphatic carbocycles. The fourth-order valence-electron chi connectivity index (χ4n) is 2.81. The van der Waals surface area contributed by atoms with Crippen LogP contribution in [0.4, 0.5) is 0 Å². The minimum Gasteiger partial charge on any atom is -0.455 e. The largest absolute Gasteiger partial charge is 0.455 e. The molecule has 1 saturated carbocycles. The maximum atomic E-state index is 11.8. The highest BCUT2D eigenvalue weighted by Gasteiger charge is 2.41. The standard InChI is InChI=1S/C13H17NO2/c1-2-10-8-13(6-4-3-5-7-13)16-12(15)11(10)9-14/h2-8H2,1H3. The molecular weight excluding hydrogens is 202 g/mol. The number of ether oxygens (including phenoxy) is 1. The Morgan fingerprint density at radius 1 is 1.38 bits per heavy atom. The van der Waals surface area contributed by atoms with Crippen LogP contribution in [-0.2, 0) is 9.53 Å². The van der Waals surface area contributed by atoms with E-state index in [-0.39, 0.29) is 11.2 Å². The number of hydrogen-bond donors (Lipinski definition) is 0. The second-order valence-electron chi connectivity index (χ2n) is 4.75. The number of carbonyl (C=O) groups excluding carboxylic acids is 1. The van der Waals surface area contributed by atoms with Gasteiger partial charge in [-0.05, 0) is 37.7 Å². The van der Waals surface area contributed by atoms with Crippen molar-refractivity contribution >= 4 is 5.97 Å². The van der Waals surface area contributed by atoms with Gasteiger partial charge in [-0.2, -0.15) is 5.26 Å². The molecule has 0 bridgehead atoms. The second-order valence-corrected chi connectivity index (χ2v) is 4.75. The average Bonchev–Trinajstić information content (AvgIpc) is 2.29. The Morgan fingerprint density at radius 2 is 2.06 bits per heavy atom. The molecule has 2 aliphatic rings. The van der Waals surface area contributed by atoms with E-state index in [0.717, 1.165) is 44.1 Å². The summed E-state index contributed by atoms with van der Waals surface area (Å²) in [5, 5.41) is 8.94. The normalized spacial score (nSPS) is 24.1. The molecule has 0 aromatic heterocycles. The zero-order valence-corrected chi connectivity index (χ0v) is 9.71. The molecule has 0 saturated heterocycles. The third-order valence-corrected chi connectivity index (χ3v) is 3.71. The van der Waals surface area contributed by atoms with Gasteiger partial charge in [-0.3, -0.25) is 0 Å². The van der Waals surface area contributed by atoms with Gasteiger partial charge in [0.2, 0.25) is 0 Å². The first kappa shape index (κ1) is 11.2. The SMILES string of the molecule is CCC1=C(C#N)C(=O)OC2(CCCCC2)C1. The maximum Gasteiger partial charge on any atom is 0.349 e. The molecule has 1 heterocycles. The lowest BCUT2D eigenvalue weighted by molar-refractivity contribution is -0.160. The molecule has 0 unspecified atom stereocenters. The molecule has 0 radical (unpaired) electrons. The number of nitrogens with zero attached hydrogens (tertiary/aromatic N) is 1. The minimum atomic E-state index is -0.396. The van der Waals surface area contributed by atoms with Crippen molar-refractivity contribution in [1.82, 2.24) is 0 Å². The summed E-state index contributed by atoms with van der Waals surface area (Å²) in [6, 6.07) is 1.98. The Morgan fingerprint density at radius 3 is 2.62 bits per heavy atom.